The number of nitrogens with one attached hydrogen (secondary N) is 2. The number of ether oxygens (including phenoxy) is 4. The number of carbonyl (C=O) groups is 3. The Morgan fingerprint density at radius 2 is 1.72 bits per heavy atom. The molecule has 39 heavy (non-hydrogen) atoms. The van der Waals surface area contributed by atoms with Crippen LogP contribution in [0.15, 0.2) is 0 Å². The van der Waals surface area contributed by atoms with E-state index in [1.54, 1.807) is 7.11 Å². The van der Waals surface area contributed by atoms with E-state index < -0.39 is 73.0 Å². The maximum atomic E-state index is 12.6. The molecule has 3 amide bonds. The first-order chi connectivity index (χ1) is 17.9. The van der Waals surface area contributed by atoms with E-state index in [0.717, 1.165) is 7.05 Å². The number of rotatable bonds is 13. The molecule has 0 bridgehead atoms. The number of urea groups is 1. The second kappa shape index (κ2) is 14.4. The second-order valence-corrected chi connectivity index (χ2v) is 10.5. The van der Waals surface area contributed by atoms with Gasteiger partial charge in [-0.3, -0.25) is 0 Å². The van der Waals surface area contributed by atoms with Crippen LogP contribution in [0.2, 0.25) is 0 Å². The van der Waals surface area contributed by atoms with Crippen molar-refractivity contribution in [2.75, 3.05) is 34.0 Å². The molecule has 16 nitrogen and oxygen atoms in total. The van der Waals surface area contributed by atoms with Crippen molar-refractivity contribution in [1.82, 2.24) is 15.8 Å². The fraction of sp³-hybridized carbons (Fsp3) is 0.870. The Hall–Kier alpha value is -2.31. The van der Waals surface area contributed by atoms with E-state index in [2.05, 4.69) is 10.7 Å². The summed E-state index contributed by atoms with van der Waals surface area (Å²) in [4.78, 5) is 36.2. The third kappa shape index (κ3) is 10.6. The van der Waals surface area contributed by atoms with Crippen molar-refractivity contribution in [1.29, 1.82) is 0 Å². The summed E-state index contributed by atoms with van der Waals surface area (Å²) in [7, 11) is 2.75. The van der Waals surface area contributed by atoms with Gasteiger partial charge < -0.3 is 54.9 Å². The predicted octanol–water partition coefficient (Wildman–Crippen LogP) is -1.72. The van der Waals surface area contributed by atoms with Crippen LogP contribution >= 0.6 is 0 Å². The van der Waals surface area contributed by atoms with Crippen LogP contribution in [0.4, 0.5) is 9.59 Å². The molecule has 6 unspecified atom stereocenters. The number of aliphatic carboxylic acids is 1. The Balaban J connectivity index is 2.68. The highest BCUT2D eigenvalue weighted by atomic mass is 16.7. The molecule has 8 N–H and O–H groups in total. The van der Waals surface area contributed by atoms with Crippen LogP contribution in [0.1, 0.15) is 47.0 Å². The van der Waals surface area contributed by atoms with Crippen molar-refractivity contribution in [3.05, 3.63) is 0 Å². The summed E-state index contributed by atoms with van der Waals surface area (Å²) in [5, 5.41) is 61.9. The van der Waals surface area contributed by atoms with Gasteiger partial charge in [0, 0.05) is 27.0 Å². The first kappa shape index (κ1) is 34.7. The van der Waals surface area contributed by atoms with Crippen molar-refractivity contribution in [2.24, 2.45) is 0 Å². The summed E-state index contributed by atoms with van der Waals surface area (Å²) in [6.07, 6.45) is -8.40. The zero-order valence-electron chi connectivity index (χ0n) is 23.1. The average Bonchev–Trinajstić information content (AvgIpc) is 2.83. The quantitative estimate of drug-likeness (QED) is 0.115. The molecular weight excluding hydrogens is 526 g/mol. The predicted molar refractivity (Wildman–Crippen MR) is 132 cm³/mol. The lowest BCUT2D eigenvalue weighted by molar-refractivity contribution is -0.294. The number of aliphatic hydroxyl groups excluding tert-OH is 4. The maximum Gasteiger partial charge on any atom is 0.426 e. The monoisotopic (exact) mass is 569 g/mol. The van der Waals surface area contributed by atoms with Gasteiger partial charge in [-0.2, -0.15) is 0 Å². The van der Waals surface area contributed by atoms with Gasteiger partial charge in [0.2, 0.25) is 0 Å². The van der Waals surface area contributed by atoms with E-state index in [4.69, 9.17) is 24.1 Å². The van der Waals surface area contributed by atoms with Crippen LogP contribution in [0, 0.1) is 0 Å². The van der Waals surface area contributed by atoms with Gasteiger partial charge in [0.25, 0.3) is 5.79 Å². The molecule has 0 saturated carbocycles. The highest BCUT2D eigenvalue weighted by molar-refractivity contribution is 5.78. The highest BCUT2D eigenvalue weighted by Crippen LogP contribution is 2.30. The number of nitrogens with zero attached hydrogens (tertiary/aromatic N) is 1. The number of methoxy groups -OCH3 is 1. The van der Waals surface area contributed by atoms with Crippen molar-refractivity contribution in [2.45, 2.75) is 94.4 Å². The summed E-state index contributed by atoms with van der Waals surface area (Å²) in [5.41, 5.74) is 1.18. The number of hydrogen-bond donors (Lipinski definition) is 8. The van der Waals surface area contributed by atoms with Crippen molar-refractivity contribution >= 4 is 18.1 Å². The summed E-state index contributed by atoms with van der Waals surface area (Å²) in [5.74, 6) is -4.82. The number of hydrogen-bond acceptors (Lipinski definition) is 12. The van der Waals surface area contributed by atoms with Gasteiger partial charge in [0.05, 0.1) is 43.2 Å². The number of carbonyl (C=O) groups excluding carboxylic acids is 2. The smallest absolute Gasteiger partial charge is 0.426 e. The third-order valence-corrected chi connectivity index (χ3v) is 6.38. The van der Waals surface area contributed by atoms with Crippen molar-refractivity contribution < 1.29 is 64.0 Å². The molecule has 1 aliphatic heterocycles. The van der Waals surface area contributed by atoms with Gasteiger partial charge in [-0.05, 0) is 34.1 Å². The van der Waals surface area contributed by atoms with Gasteiger partial charge in [-0.1, -0.05) is 0 Å². The fourth-order valence-corrected chi connectivity index (χ4v) is 3.50. The topological polar surface area (TPSA) is 237 Å². The van der Waals surface area contributed by atoms with E-state index in [1.807, 2.05) is 27.7 Å². The van der Waals surface area contributed by atoms with Crippen LogP contribution in [0.3, 0.4) is 0 Å². The van der Waals surface area contributed by atoms with Gasteiger partial charge in [0.15, 0.2) is 0 Å². The van der Waals surface area contributed by atoms with Gasteiger partial charge in [-0.25, -0.2) is 24.8 Å². The standard InChI is InChI=1S/C23H43N3O13/c1-21(2,36-6)8-10-38-22(3,4)7-9-37-20(34)25-26(5)19(33)24-15-13(28)11-23(35,18(31)32)39-17(15)16(30)14(29)12-27/h13-17,27-30,35H,7-12H2,1-6H3,(H,24,33)(H,25,34)(H,31,32). The SMILES string of the molecule is COC(C)(C)CCOC(C)(C)CCOC(=O)NN(C)C(=O)NC1C(O)CC(O)(C(=O)O)OC1C(O)C(O)CO. The minimum absolute atomic E-state index is 0.0434. The normalized spacial score (nSPS) is 25.4. The minimum atomic E-state index is -2.94. The molecule has 228 valence electrons. The molecule has 0 radical (unpaired) electrons. The molecule has 0 spiro atoms. The zero-order chi connectivity index (χ0) is 30.2. The van der Waals surface area contributed by atoms with Gasteiger partial charge >= 0.3 is 18.1 Å². The summed E-state index contributed by atoms with van der Waals surface area (Å²) >= 11 is 0. The summed E-state index contributed by atoms with van der Waals surface area (Å²) in [6.45, 7) is 6.94. The van der Waals surface area contributed by atoms with Crippen molar-refractivity contribution in [3.63, 3.8) is 0 Å². The molecule has 16 heteroatoms. The third-order valence-electron chi connectivity index (χ3n) is 6.38. The highest BCUT2D eigenvalue weighted by Gasteiger charge is 2.54. The van der Waals surface area contributed by atoms with Crippen LogP contribution in [-0.4, -0.2) is 135 Å². The van der Waals surface area contributed by atoms with Crippen molar-refractivity contribution in [3.8, 4) is 0 Å². The van der Waals surface area contributed by atoms with E-state index >= 15 is 0 Å². The average molecular weight is 570 g/mol. The van der Waals surface area contributed by atoms with E-state index in [9.17, 15) is 39.9 Å². The Labute approximate surface area is 226 Å². The number of carboxylic acids is 1. The Morgan fingerprint density at radius 3 is 2.26 bits per heavy atom. The summed E-state index contributed by atoms with van der Waals surface area (Å²) in [6, 6.07) is -2.60. The zero-order valence-corrected chi connectivity index (χ0v) is 23.1. The first-order valence-corrected chi connectivity index (χ1v) is 12.3. The fourth-order valence-electron chi connectivity index (χ4n) is 3.50. The summed E-state index contributed by atoms with van der Waals surface area (Å²) < 4.78 is 21.3. The number of hydrazine groups is 1. The lowest BCUT2D eigenvalue weighted by Gasteiger charge is -2.44. The maximum absolute atomic E-state index is 12.6. The molecular formula is C23H43N3O13. The molecule has 1 heterocycles. The van der Waals surface area contributed by atoms with Crippen LogP contribution in [0.5, 0.6) is 0 Å². The van der Waals surface area contributed by atoms with Crippen LogP contribution in [-0.2, 0) is 23.7 Å². The minimum Gasteiger partial charge on any atom is -0.477 e. The molecule has 0 aromatic carbocycles. The van der Waals surface area contributed by atoms with Crippen LogP contribution < -0.4 is 10.7 Å². The first-order valence-electron chi connectivity index (χ1n) is 12.3. The van der Waals surface area contributed by atoms with Gasteiger partial charge in [0.1, 0.15) is 18.3 Å². The molecule has 0 aromatic heterocycles. The molecule has 1 aliphatic rings. The molecule has 1 rings (SSSR count). The van der Waals surface area contributed by atoms with E-state index in [0.29, 0.717) is 24.5 Å². The lowest BCUT2D eigenvalue weighted by atomic mass is 9.89. The Kier molecular flexibility index (Phi) is 12.8. The van der Waals surface area contributed by atoms with Gasteiger partial charge in [-0.15, -0.1) is 0 Å². The molecule has 0 aromatic rings. The number of amides is 3. The lowest BCUT2D eigenvalue weighted by Crippen LogP contribution is -2.68. The largest absolute Gasteiger partial charge is 0.477 e. The molecule has 6 atom stereocenters. The number of carboxylic acid groups (broad SMARTS) is 1. The molecule has 1 fully saturated rings. The molecule has 0 aliphatic carbocycles. The number of aliphatic hydroxyl groups is 5. The molecule has 1 saturated heterocycles. The van der Waals surface area contributed by atoms with E-state index in [1.165, 1.54) is 0 Å². The Morgan fingerprint density at radius 1 is 1.13 bits per heavy atom. The second-order valence-electron chi connectivity index (χ2n) is 10.5. The van der Waals surface area contributed by atoms with Crippen LogP contribution in [0.25, 0.3) is 0 Å². The Bertz CT molecular complexity index is 827. The van der Waals surface area contributed by atoms with E-state index in [-0.39, 0.29) is 12.2 Å².